The highest BCUT2D eigenvalue weighted by atomic mass is 35.5. The van der Waals surface area contributed by atoms with Gasteiger partial charge in [-0.25, -0.2) is 0 Å². The second kappa shape index (κ2) is 5.67. The van der Waals surface area contributed by atoms with Crippen LogP contribution in [0.3, 0.4) is 0 Å². The van der Waals surface area contributed by atoms with Crippen LogP contribution in [0.25, 0.3) is 11.5 Å². The van der Waals surface area contributed by atoms with Gasteiger partial charge in [-0.2, -0.15) is 4.98 Å². The van der Waals surface area contributed by atoms with Crippen molar-refractivity contribution >= 4 is 11.6 Å². The summed E-state index contributed by atoms with van der Waals surface area (Å²) in [4.78, 5) is 8.54. The summed E-state index contributed by atoms with van der Waals surface area (Å²) in [6, 6.07) is 3.56. The Hall–Kier alpha value is -1.46. The highest BCUT2D eigenvalue weighted by molar-refractivity contribution is 6.30. The second-order valence-electron chi connectivity index (χ2n) is 4.77. The summed E-state index contributed by atoms with van der Waals surface area (Å²) in [6.07, 6.45) is 4.73. The van der Waals surface area contributed by atoms with Crippen LogP contribution in [-0.2, 0) is 6.42 Å². The molecule has 0 bridgehead atoms. The molecule has 0 saturated carbocycles. The van der Waals surface area contributed by atoms with E-state index in [9.17, 15) is 0 Å². The molecule has 1 saturated heterocycles. The summed E-state index contributed by atoms with van der Waals surface area (Å²) in [5.74, 6) is 1.93. The molecule has 100 valence electrons. The van der Waals surface area contributed by atoms with E-state index in [2.05, 4.69) is 20.4 Å². The van der Waals surface area contributed by atoms with E-state index < -0.39 is 0 Å². The molecule has 0 amide bonds. The van der Waals surface area contributed by atoms with Gasteiger partial charge in [0.25, 0.3) is 0 Å². The Labute approximate surface area is 116 Å². The van der Waals surface area contributed by atoms with Crippen molar-refractivity contribution in [2.24, 2.45) is 5.92 Å². The van der Waals surface area contributed by atoms with Gasteiger partial charge < -0.3 is 9.84 Å². The van der Waals surface area contributed by atoms with Crippen molar-refractivity contribution in [1.29, 1.82) is 0 Å². The number of nitrogens with one attached hydrogen (secondary N) is 1. The molecule has 0 aromatic carbocycles. The first-order chi connectivity index (χ1) is 9.31. The van der Waals surface area contributed by atoms with E-state index in [1.54, 1.807) is 18.3 Å². The minimum atomic E-state index is 0.524. The molecule has 5 nitrogen and oxygen atoms in total. The second-order valence-corrected chi connectivity index (χ2v) is 5.21. The van der Waals surface area contributed by atoms with E-state index >= 15 is 0 Å². The van der Waals surface area contributed by atoms with Gasteiger partial charge in [-0.1, -0.05) is 16.8 Å². The molecule has 1 unspecified atom stereocenters. The highest BCUT2D eigenvalue weighted by Crippen LogP contribution is 2.18. The van der Waals surface area contributed by atoms with E-state index in [1.165, 1.54) is 6.42 Å². The first-order valence-electron chi connectivity index (χ1n) is 6.46. The summed E-state index contributed by atoms with van der Waals surface area (Å²) in [5.41, 5.74) is 0.682. The topological polar surface area (TPSA) is 63.8 Å². The van der Waals surface area contributed by atoms with Crippen molar-refractivity contribution in [1.82, 2.24) is 20.4 Å². The third kappa shape index (κ3) is 3.11. The minimum absolute atomic E-state index is 0.524. The monoisotopic (exact) mass is 278 g/mol. The fourth-order valence-corrected chi connectivity index (χ4v) is 2.37. The van der Waals surface area contributed by atoms with Crippen LogP contribution in [0, 0.1) is 5.92 Å². The van der Waals surface area contributed by atoms with E-state index in [1.807, 2.05) is 0 Å². The van der Waals surface area contributed by atoms with Crippen molar-refractivity contribution in [3.63, 3.8) is 0 Å². The Kier molecular flexibility index (Phi) is 3.75. The van der Waals surface area contributed by atoms with Gasteiger partial charge in [0, 0.05) is 12.6 Å². The Morgan fingerprint density at radius 1 is 1.42 bits per heavy atom. The van der Waals surface area contributed by atoms with Gasteiger partial charge >= 0.3 is 0 Å². The molecule has 19 heavy (non-hydrogen) atoms. The van der Waals surface area contributed by atoms with Gasteiger partial charge in [-0.05, 0) is 44.0 Å². The number of nitrogens with zero attached hydrogens (tertiary/aromatic N) is 3. The Balaban J connectivity index is 1.63. The number of pyridine rings is 1. The Morgan fingerprint density at radius 3 is 3.11 bits per heavy atom. The average molecular weight is 279 g/mol. The first kappa shape index (κ1) is 12.6. The molecule has 0 radical (unpaired) electrons. The van der Waals surface area contributed by atoms with Crippen LogP contribution >= 0.6 is 11.6 Å². The number of aromatic nitrogens is 3. The molecule has 2 aromatic rings. The molecular weight excluding hydrogens is 264 g/mol. The molecule has 0 aliphatic carbocycles. The smallest absolute Gasteiger partial charge is 0.227 e. The highest BCUT2D eigenvalue weighted by Gasteiger charge is 2.16. The molecule has 1 N–H and O–H groups in total. The molecule has 1 aliphatic heterocycles. The van der Waals surface area contributed by atoms with Crippen molar-refractivity contribution in [3.8, 4) is 11.5 Å². The normalized spacial score (nSPS) is 18.9. The Morgan fingerprint density at radius 2 is 2.37 bits per heavy atom. The maximum absolute atomic E-state index is 5.79. The van der Waals surface area contributed by atoms with Crippen LogP contribution in [-0.4, -0.2) is 28.2 Å². The first-order valence-corrected chi connectivity index (χ1v) is 6.84. The predicted octanol–water partition coefficient (Wildman–Crippen LogP) is 2.33. The molecule has 1 fully saturated rings. The zero-order valence-electron chi connectivity index (χ0n) is 10.5. The van der Waals surface area contributed by atoms with E-state index in [4.69, 9.17) is 16.1 Å². The lowest BCUT2D eigenvalue weighted by molar-refractivity contribution is 0.365. The quantitative estimate of drug-likeness (QED) is 0.930. The fraction of sp³-hybridized carbons (Fsp3) is 0.462. The Bertz CT molecular complexity index is 534. The SMILES string of the molecule is Clc1ccc(-c2noc(CCC3CCNC3)n2)nc1. The molecule has 6 heteroatoms. The lowest BCUT2D eigenvalue weighted by Gasteiger charge is -2.03. The molecule has 3 rings (SSSR count). The van der Waals surface area contributed by atoms with Gasteiger partial charge in [0.1, 0.15) is 5.69 Å². The summed E-state index contributed by atoms with van der Waals surface area (Å²) in [6.45, 7) is 2.22. The standard InChI is InChI=1S/C13H15ClN4O/c14-10-2-3-11(16-8-10)13-17-12(19-18-13)4-1-9-5-6-15-7-9/h2-3,8-9,15H,1,4-7H2. The largest absolute Gasteiger partial charge is 0.339 e. The third-order valence-electron chi connectivity index (χ3n) is 3.35. The lowest BCUT2D eigenvalue weighted by Crippen LogP contribution is -2.09. The summed E-state index contributed by atoms with van der Waals surface area (Å²) in [5, 5.41) is 7.91. The van der Waals surface area contributed by atoms with Crippen molar-refractivity contribution in [2.75, 3.05) is 13.1 Å². The van der Waals surface area contributed by atoms with E-state index in [-0.39, 0.29) is 0 Å². The summed E-state index contributed by atoms with van der Waals surface area (Å²) < 4.78 is 5.25. The number of halogens is 1. The number of rotatable bonds is 4. The molecule has 1 aliphatic rings. The van der Waals surface area contributed by atoms with Crippen molar-refractivity contribution < 1.29 is 4.52 Å². The summed E-state index contributed by atoms with van der Waals surface area (Å²) >= 11 is 5.79. The van der Waals surface area contributed by atoms with Gasteiger partial charge in [0.15, 0.2) is 0 Å². The molecule has 3 heterocycles. The van der Waals surface area contributed by atoms with Crippen LogP contribution in [0.1, 0.15) is 18.7 Å². The third-order valence-corrected chi connectivity index (χ3v) is 3.58. The van der Waals surface area contributed by atoms with Gasteiger partial charge in [0.05, 0.1) is 5.02 Å². The predicted molar refractivity (Wildman–Crippen MR) is 71.8 cm³/mol. The number of aryl methyl sites for hydroxylation is 1. The number of hydrogen-bond donors (Lipinski definition) is 1. The summed E-state index contributed by atoms with van der Waals surface area (Å²) in [7, 11) is 0. The van der Waals surface area contributed by atoms with E-state index in [0.29, 0.717) is 22.4 Å². The van der Waals surface area contributed by atoms with Crippen LogP contribution in [0.4, 0.5) is 0 Å². The van der Waals surface area contributed by atoms with Crippen LogP contribution < -0.4 is 5.32 Å². The van der Waals surface area contributed by atoms with Crippen LogP contribution in [0.15, 0.2) is 22.9 Å². The zero-order valence-corrected chi connectivity index (χ0v) is 11.2. The van der Waals surface area contributed by atoms with Crippen LogP contribution in [0.2, 0.25) is 5.02 Å². The lowest BCUT2D eigenvalue weighted by atomic mass is 10.0. The van der Waals surface area contributed by atoms with E-state index in [0.717, 1.165) is 31.8 Å². The number of hydrogen-bond acceptors (Lipinski definition) is 5. The molecule has 2 aromatic heterocycles. The van der Waals surface area contributed by atoms with Gasteiger partial charge in [-0.15, -0.1) is 0 Å². The average Bonchev–Trinajstić information content (AvgIpc) is 3.09. The van der Waals surface area contributed by atoms with Gasteiger partial charge in [0.2, 0.25) is 11.7 Å². The van der Waals surface area contributed by atoms with Crippen molar-refractivity contribution in [2.45, 2.75) is 19.3 Å². The van der Waals surface area contributed by atoms with Gasteiger partial charge in [-0.3, -0.25) is 4.98 Å². The van der Waals surface area contributed by atoms with Crippen LogP contribution in [0.5, 0.6) is 0 Å². The maximum atomic E-state index is 5.79. The molecular formula is C13H15ClN4O. The zero-order chi connectivity index (χ0) is 13.1. The minimum Gasteiger partial charge on any atom is -0.339 e. The molecule has 0 spiro atoms. The molecule has 1 atom stereocenters. The maximum Gasteiger partial charge on any atom is 0.227 e. The van der Waals surface area contributed by atoms with Crippen molar-refractivity contribution in [3.05, 3.63) is 29.2 Å². The fourth-order valence-electron chi connectivity index (χ4n) is 2.26.